The molecule has 1 aromatic heterocycles. The molecule has 0 unspecified atom stereocenters. The van der Waals surface area contributed by atoms with Crippen LogP contribution in [0.4, 0.5) is 14.7 Å². The summed E-state index contributed by atoms with van der Waals surface area (Å²) in [5.74, 6) is -0.281. The smallest absolute Gasteiger partial charge is 0.262 e. The maximum absolute atomic E-state index is 12.3. The van der Waals surface area contributed by atoms with Crippen LogP contribution in [0.3, 0.4) is 0 Å². The van der Waals surface area contributed by atoms with Gasteiger partial charge in [-0.25, -0.2) is 13.8 Å². The van der Waals surface area contributed by atoms with Crippen molar-refractivity contribution in [3.8, 4) is 0 Å². The number of anilines is 1. The van der Waals surface area contributed by atoms with Crippen molar-refractivity contribution in [2.75, 3.05) is 24.5 Å². The molecule has 2 aromatic rings. The van der Waals surface area contributed by atoms with Gasteiger partial charge in [-0.05, 0) is 12.1 Å². The van der Waals surface area contributed by atoms with Crippen LogP contribution in [0, 0.1) is 5.92 Å². The second-order valence-corrected chi connectivity index (χ2v) is 5.53. The number of nitrogens with one attached hydrogen (secondary N) is 1. The summed E-state index contributed by atoms with van der Waals surface area (Å²) in [6, 6.07) is 7.05. The highest BCUT2D eigenvalue weighted by atomic mass is 19.3. The van der Waals surface area contributed by atoms with E-state index in [4.69, 9.17) is 0 Å². The molecule has 23 heavy (non-hydrogen) atoms. The molecule has 3 rings (SSSR count). The first-order chi connectivity index (χ1) is 11.0. The van der Waals surface area contributed by atoms with Gasteiger partial charge in [0.2, 0.25) is 11.9 Å². The van der Waals surface area contributed by atoms with Crippen LogP contribution >= 0.6 is 0 Å². The van der Waals surface area contributed by atoms with E-state index in [0.29, 0.717) is 29.9 Å². The number of hydrogen-bond donors (Lipinski definition) is 1. The third-order valence-electron chi connectivity index (χ3n) is 3.93. The van der Waals surface area contributed by atoms with Gasteiger partial charge in [-0.3, -0.25) is 14.2 Å². The highest BCUT2D eigenvalue weighted by Gasteiger charge is 2.35. The van der Waals surface area contributed by atoms with E-state index < -0.39 is 18.9 Å². The number of carbonyl (C=O) groups is 1. The molecule has 1 saturated heterocycles. The van der Waals surface area contributed by atoms with Crippen molar-refractivity contribution < 1.29 is 13.6 Å². The molecule has 2 heterocycles. The van der Waals surface area contributed by atoms with Gasteiger partial charge < -0.3 is 10.2 Å². The molecule has 1 amide bonds. The molecule has 0 spiro atoms. The standard InChI is InChI=1S/C15H16F2N4O2/c1-20-14(23)10-4-2-3-5-11(10)19-15(20)21-7-9(8-21)13(22)18-6-12(16)17/h2-5,9,12H,6-8H2,1H3,(H,18,22). The molecule has 1 N–H and O–H groups in total. The quantitative estimate of drug-likeness (QED) is 0.902. The van der Waals surface area contributed by atoms with Gasteiger partial charge in [0.15, 0.2) is 0 Å². The number of aromatic nitrogens is 2. The molecular formula is C15H16F2N4O2. The topological polar surface area (TPSA) is 67.2 Å². The van der Waals surface area contributed by atoms with E-state index in [0.717, 1.165) is 0 Å². The van der Waals surface area contributed by atoms with E-state index in [1.807, 2.05) is 0 Å². The number of benzene rings is 1. The van der Waals surface area contributed by atoms with Gasteiger partial charge in [-0.15, -0.1) is 0 Å². The Morgan fingerprint density at radius 3 is 2.78 bits per heavy atom. The Bertz CT molecular complexity index is 800. The van der Waals surface area contributed by atoms with Crippen LogP contribution in [-0.2, 0) is 11.8 Å². The lowest BCUT2D eigenvalue weighted by Crippen LogP contribution is -2.55. The lowest BCUT2D eigenvalue weighted by Gasteiger charge is -2.39. The van der Waals surface area contributed by atoms with Gasteiger partial charge in [0.05, 0.1) is 23.4 Å². The van der Waals surface area contributed by atoms with Gasteiger partial charge in [0.1, 0.15) is 0 Å². The summed E-state index contributed by atoms with van der Waals surface area (Å²) in [7, 11) is 1.63. The Morgan fingerprint density at radius 1 is 1.39 bits per heavy atom. The number of halogens is 2. The van der Waals surface area contributed by atoms with Crippen LogP contribution in [-0.4, -0.2) is 41.5 Å². The largest absolute Gasteiger partial charge is 0.350 e. The number of rotatable bonds is 4. The number of nitrogens with zero attached hydrogens (tertiary/aromatic N) is 3. The summed E-state index contributed by atoms with van der Waals surface area (Å²) in [4.78, 5) is 30.3. The molecule has 1 fully saturated rings. The normalized spacial score (nSPS) is 15.0. The zero-order valence-corrected chi connectivity index (χ0v) is 12.5. The van der Waals surface area contributed by atoms with E-state index in [1.165, 1.54) is 4.57 Å². The van der Waals surface area contributed by atoms with Crippen molar-refractivity contribution in [1.29, 1.82) is 0 Å². The Hall–Kier alpha value is -2.51. The molecule has 0 aliphatic carbocycles. The van der Waals surface area contributed by atoms with Crippen LogP contribution in [0.25, 0.3) is 10.9 Å². The lowest BCUT2D eigenvalue weighted by atomic mass is 10.00. The predicted molar refractivity (Wildman–Crippen MR) is 81.7 cm³/mol. The first kappa shape index (κ1) is 15.4. The molecule has 0 atom stereocenters. The number of amides is 1. The Kier molecular flexibility index (Phi) is 3.97. The second kappa shape index (κ2) is 5.94. The Labute approximate surface area is 130 Å². The summed E-state index contributed by atoms with van der Waals surface area (Å²) in [5.41, 5.74) is 0.437. The average molecular weight is 322 g/mol. The predicted octanol–water partition coefficient (Wildman–Crippen LogP) is 0.751. The zero-order valence-electron chi connectivity index (χ0n) is 12.5. The van der Waals surface area contributed by atoms with E-state index in [1.54, 1.807) is 36.2 Å². The summed E-state index contributed by atoms with van der Waals surface area (Å²) in [6.07, 6.45) is -2.56. The minimum absolute atomic E-state index is 0.156. The molecule has 8 heteroatoms. The van der Waals surface area contributed by atoms with Gasteiger partial charge in [-0.2, -0.15) is 0 Å². The van der Waals surface area contributed by atoms with E-state index in [-0.39, 0.29) is 11.5 Å². The third-order valence-corrected chi connectivity index (χ3v) is 3.93. The van der Waals surface area contributed by atoms with Gasteiger partial charge in [0.25, 0.3) is 12.0 Å². The number of alkyl halides is 2. The summed E-state index contributed by atoms with van der Waals surface area (Å²) in [6.45, 7) is 0.0728. The van der Waals surface area contributed by atoms with Crippen molar-refractivity contribution in [2.24, 2.45) is 13.0 Å². The first-order valence-electron chi connectivity index (χ1n) is 7.24. The first-order valence-corrected chi connectivity index (χ1v) is 7.24. The molecule has 0 radical (unpaired) electrons. The Morgan fingerprint density at radius 2 is 2.09 bits per heavy atom. The molecule has 0 bridgehead atoms. The fraction of sp³-hybridized carbons (Fsp3) is 0.400. The number of para-hydroxylation sites is 1. The van der Waals surface area contributed by atoms with Crippen LogP contribution in [0.2, 0.25) is 0 Å². The van der Waals surface area contributed by atoms with Crippen molar-refractivity contribution in [2.45, 2.75) is 6.43 Å². The Balaban J connectivity index is 1.75. The maximum atomic E-state index is 12.3. The SMILES string of the molecule is Cn1c(N2CC(C(=O)NCC(F)F)C2)nc2ccccc2c1=O. The maximum Gasteiger partial charge on any atom is 0.262 e. The van der Waals surface area contributed by atoms with Gasteiger partial charge >= 0.3 is 0 Å². The fourth-order valence-corrected chi connectivity index (χ4v) is 2.62. The van der Waals surface area contributed by atoms with Crippen LogP contribution in [0.15, 0.2) is 29.1 Å². The fourth-order valence-electron chi connectivity index (χ4n) is 2.62. The minimum atomic E-state index is -2.56. The van der Waals surface area contributed by atoms with Crippen molar-refractivity contribution in [3.63, 3.8) is 0 Å². The van der Waals surface area contributed by atoms with Gasteiger partial charge in [-0.1, -0.05) is 12.1 Å². The molecule has 1 aliphatic rings. The van der Waals surface area contributed by atoms with Crippen LogP contribution < -0.4 is 15.8 Å². The lowest BCUT2D eigenvalue weighted by molar-refractivity contribution is -0.126. The molecular weight excluding hydrogens is 306 g/mol. The second-order valence-electron chi connectivity index (χ2n) is 5.53. The third kappa shape index (κ3) is 2.88. The molecule has 1 aliphatic heterocycles. The number of fused-ring (bicyclic) bond motifs is 1. The molecule has 6 nitrogen and oxygen atoms in total. The summed E-state index contributed by atoms with van der Waals surface area (Å²) < 4.78 is 25.6. The van der Waals surface area contributed by atoms with Crippen molar-refractivity contribution >= 4 is 22.8 Å². The number of carbonyl (C=O) groups excluding carboxylic acids is 1. The highest BCUT2D eigenvalue weighted by molar-refractivity contribution is 5.82. The highest BCUT2D eigenvalue weighted by Crippen LogP contribution is 2.23. The van der Waals surface area contributed by atoms with E-state index >= 15 is 0 Å². The zero-order chi connectivity index (χ0) is 16.6. The monoisotopic (exact) mass is 322 g/mol. The average Bonchev–Trinajstić information content (AvgIpc) is 2.48. The molecule has 0 saturated carbocycles. The minimum Gasteiger partial charge on any atom is -0.350 e. The van der Waals surface area contributed by atoms with E-state index in [2.05, 4.69) is 10.3 Å². The van der Waals surface area contributed by atoms with Crippen LogP contribution in [0.5, 0.6) is 0 Å². The molecule has 122 valence electrons. The van der Waals surface area contributed by atoms with Gasteiger partial charge in [0, 0.05) is 20.1 Å². The van der Waals surface area contributed by atoms with Crippen LogP contribution in [0.1, 0.15) is 0 Å². The summed E-state index contributed by atoms with van der Waals surface area (Å²) in [5, 5.41) is 2.74. The van der Waals surface area contributed by atoms with E-state index in [9.17, 15) is 18.4 Å². The summed E-state index contributed by atoms with van der Waals surface area (Å²) >= 11 is 0. The van der Waals surface area contributed by atoms with Crippen molar-refractivity contribution in [1.82, 2.24) is 14.9 Å². The molecule has 1 aromatic carbocycles. The number of hydrogen-bond acceptors (Lipinski definition) is 4. The van der Waals surface area contributed by atoms with Crippen molar-refractivity contribution in [3.05, 3.63) is 34.6 Å².